The zero-order valence-corrected chi connectivity index (χ0v) is 19.4. The van der Waals surface area contributed by atoms with Crippen molar-refractivity contribution in [2.45, 2.75) is 51.4 Å². The van der Waals surface area contributed by atoms with Gasteiger partial charge >= 0.3 is 6.18 Å². The van der Waals surface area contributed by atoms with Crippen LogP contribution in [0.25, 0.3) is 0 Å². The Bertz CT molecular complexity index is 1150. The van der Waals surface area contributed by atoms with E-state index in [-0.39, 0.29) is 29.6 Å². The number of aryl methyl sites for hydroxylation is 1. The maximum atomic E-state index is 13.4. The largest absolute Gasteiger partial charge is 0.416 e. The number of rotatable bonds is 4. The molecule has 2 aliphatic heterocycles. The number of likely N-dealkylation sites (tertiary alicyclic amines) is 1. The first-order valence-corrected chi connectivity index (χ1v) is 12.8. The summed E-state index contributed by atoms with van der Waals surface area (Å²) >= 11 is 0. The molecule has 0 atom stereocenters. The second-order valence-corrected chi connectivity index (χ2v) is 10.6. The van der Waals surface area contributed by atoms with E-state index in [4.69, 9.17) is 0 Å². The van der Waals surface area contributed by atoms with Crippen LogP contribution < -0.4 is 0 Å². The van der Waals surface area contributed by atoms with E-state index in [0.717, 1.165) is 18.0 Å². The molecule has 0 saturated carbocycles. The Hall–Kier alpha value is -2.40. The van der Waals surface area contributed by atoms with Crippen molar-refractivity contribution in [1.29, 1.82) is 0 Å². The molecule has 0 radical (unpaired) electrons. The molecule has 3 heterocycles. The normalized spacial score (nSPS) is 18.4. The molecule has 0 bridgehead atoms. The van der Waals surface area contributed by atoms with E-state index in [1.807, 2.05) is 6.92 Å². The number of alkyl halides is 3. The summed E-state index contributed by atoms with van der Waals surface area (Å²) in [5.41, 5.74) is 1.40. The second kappa shape index (κ2) is 8.75. The lowest BCUT2D eigenvalue weighted by Crippen LogP contribution is -2.40. The van der Waals surface area contributed by atoms with Gasteiger partial charge in [0.1, 0.15) is 0 Å². The molecule has 0 N–H and O–H groups in total. The van der Waals surface area contributed by atoms with Crippen LogP contribution in [0.2, 0.25) is 0 Å². The summed E-state index contributed by atoms with van der Waals surface area (Å²) in [6.07, 6.45) is -1.95. The minimum atomic E-state index is -4.42. The summed E-state index contributed by atoms with van der Waals surface area (Å²) in [5, 5.41) is 4.48. The molecule has 4 rings (SSSR count). The number of nitrogens with zero attached hydrogens (tertiary/aromatic N) is 4. The number of hydrogen-bond donors (Lipinski definition) is 0. The molecule has 1 saturated heterocycles. The van der Waals surface area contributed by atoms with Crippen LogP contribution in [0.3, 0.4) is 0 Å². The smallest absolute Gasteiger partial charge is 0.337 e. The van der Waals surface area contributed by atoms with Crippen molar-refractivity contribution < 1.29 is 26.4 Å². The predicted octanol–water partition coefficient (Wildman–Crippen LogP) is 3.26. The lowest BCUT2D eigenvalue weighted by molar-refractivity contribution is -0.138. The minimum Gasteiger partial charge on any atom is -0.337 e. The highest BCUT2D eigenvalue weighted by Crippen LogP contribution is 2.39. The maximum Gasteiger partial charge on any atom is 0.416 e. The zero-order chi connectivity index (χ0) is 24.0. The monoisotopic (exact) mass is 484 g/mol. The summed E-state index contributed by atoms with van der Waals surface area (Å²) in [5.74, 6) is -0.578. The van der Waals surface area contributed by atoms with Crippen LogP contribution in [0, 0.1) is 0 Å². The van der Waals surface area contributed by atoms with Crippen LogP contribution in [-0.4, -0.2) is 59.2 Å². The van der Waals surface area contributed by atoms with Gasteiger partial charge in [0, 0.05) is 50.4 Å². The standard InChI is InChI=1S/C22H27F3N4O3S/c1-3-29-19-10-13-28(33(2,31)32)14-17(19)20(26-29)21(30)27-11-8-15(9-12-27)16-6-4-5-7-18(16)22(23,24)25/h4-7,15H,3,8-14H2,1-2H3. The Morgan fingerprint density at radius 1 is 1.15 bits per heavy atom. The highest BCUT2D eigenvalue weighted by atomic mass is 32.2. The molecular weight excluding hydrogens is 457 g/mol. The number of sulfonamides is 1. The third-order valence-corrected chi connectivity index (χ3v) is 7.81. The van der Waals surface area contributed by atoms with Gasteiger partial charge in [-0.25, -0.2) is 8.42 Å². The Morgan fingerprint density at radius 3 is 2.42 bits per heavy atom. The number of aromatic nitrogens is 2. The highest BCUT2D eigenvalue weighted by Gasteiger charge is 2.37. The van der Waals surface area contributed by atoms with Gasteiger partial charge in [-0.15, -0.1) is 0 Å². The van der Waals surface area contributed by atoms with Gasteiger partial charge in [-0.3, -0.25) is 9.48 Å². The molecule has 33 heavy (non-hydrogen) atoms. The molecule has 0 aliphatic carbocycles. The van der Waals surface area contributed by atoms with Crippen LogP contribution in [0.15, 0.2) is 24.3 Å². The van der Waals surface area contributed by atoms with Crippen LogP contribution in [0.5, 0.6) is 0 Å². The number of piperidine rings is 1. The average Bonchev–Trinajstić information content (AvgIpc) is 3.15. The molecule has 0 spiro atoms. The number of carbonyl (C=O) groups is 1. The maximum absolute atomic E-state index is 13.4. The molecule has 180 valence electrons. The zero-order valence-electron chi connectivity index (χ0n) is 18.6. The van der Waals surface area contributed by atoms with Gasteiger partial charge in [0.25, 0.3) is 5.91 Å². The van der Waals surface area contributed by atoms with E-state index >= 15 is 0 Å². The van der Waals surface area contributed by atoms with E-state index in [1.165, 1.54) is 16.4 Å². The average molecular weight is 485 g/mol. The van der Waals surface area contributed by atoms with Crippen LogP contribution in [0.4, 0.5) is 13.2 Å². The highest BCUT2D eigenvalue weighted by molar-refractivity contribution is 7.88. The first kappa shape index (κ1) is 23.7. The van der Waals surface area contributed by atoms with Gasteiger partial charge < -0.3 is 4.90 Å². The van der Waals surface area contributed by atoms with Gasteiger partial charge in [-0.05, 0) is 37.3 Å². The van der Waals surface area contributed by atoms with Crippen molar-refractivity contribution in [1.82, 2.24) is 19.0 Å². The lowest BCUT2D eigenvalue weighted by Gasteiger charge is -2.33. The number of halogens is 3. The number of hydrogen-bond acceptors (Lipinski definition) is 4. The van der Waals surface area contributed by atoms with Gasteiger partial charge in [-0.1, -0.05) is 18.2 Å². The van der Waals surface area contributed by atoms with Crippen molar-refractivity contribution in [3.8, 4) is 0 Å². The third kappa shape index (κ3) is 4.65. The second-order valence-electron chi connectivity index (χ2n) is 8.59. The summed E-state index contributed by atoms with van der Waals surface area (Å²) in [4.78, 5) is 14.9. The van der Waals surface area contributed by atoms with Crippen LogP contribution >= 0.6 is 0 Å². The molecule has 1 aromatic carbocycles. The van der Waals surface area contributed by atoms with Gasteiger partial charge in [0.15, 0.2) is 5.69 Å². The lowest BCUT2D eigenvalue weighted by atomic mass is 9.86. The summed E-state index contributed by atoms with van der Waals surface area (Å²) in [7, 11) is -3.41. The van der Waals surface area contributed by atoms with Crippen LogP contribution in [-0.2, 0) is 35.7 Å². The summed E-state index contributed by atoms with van der Waals surface area (Å²) in [6, 6.07) is 5.62. The van der Waals surface area contributed by atoms with Gasteiger partial charge in [0.2, 0.25) is 10.0 Å². The fourth-order valence-electron chi connectivity index (χ4n) is 4.84. The number of benzene rings is 1. The molecule has 11 heteroatoms. The Kier molecular flexibility index (Phi) is 6.30. The van der Waals surface area contributed by atoms with E-state index in [0.29, 0.717) is 51.0 Å². The number of carbonyl (C=O) groups excluding carboxylic acids is 1. The number of amides is 1. The molecule has 2 aromatic rings. The first-order chi connectivity index (χ1) is 15.5. The molecule has 1 amide bonds. The summed E-state index contributed by atoms with van der Waals surface area (Å²) in [6.45, 7) is 3.55. The topological polar surface area (TPSA) is 75.5 Å². The van der Waals surface area contributed by atoms with Crippen molar-refractivity contribution in [2.24, 2.45) is 0 Å². The minimum absolute atomic E-state index is 0.102. The first-order valence-electron chi connectivity index (χ1n) is 11.0. The molecule has 2 aliphatic rings. The Morgan fingerprint density at radius 2 is 1.82 bits per heavy atom. The quantitative estimate of drug-likeness (QED) is 0.668. The SMILES string of the molecule is CCn1nc(C(=O)N2CCC(c3ccccc3C(F)(F)F)CC2)c2c1CCN(S(C)(=O)=O)C2. The molecule has 1 aromatic heterocycles. The van der Waals surface area contributed by atoms with E-state index < -0.39 is 21.8 Å². The van der Waals surface area contributed by atoms with Crippen molar-refractivity contribution in [3.05, 3.63) is 52.3 Å². The number of fused-ring (bicyclic) bond motifs is 1. The Balaban J connectivity index is 1.53. The van der Waals surface area contributed by atoms with Crippen molar-refractivity contribution >= 4 is 15.9 Å². The fourth-order valence-corrected chi connectivity index (χ4v) is 5.62. The van der Waals surface area contributed by atoms with E-state index in [9.17, 15) is 26.4 Å². The summed E-state index contributed by atoms with van der Waals surface area (Å²) < 4.78 is 67.4. The van der Waals surface area contributed by atoms with E-state index in [2.05, 4.69) is 5.10 Å². The molecule has 1 fully saturated rings. The third-order valence-electron chi connectivity index (χ3n) is 6.56. The van der Waals surface area contributed by atoms with Gasteiger partial charge in [-0.2, -0.15) is 22.6 Å². The van der Waals surface area contributed by atoms with Gasteiger partial charge in [0.05, 0.1) is 11.8 Å². The molecule has 7 nitrogen and oxygen atoms in total. The Labute approximate surface area is 191 Å². The molecular formula is C22H27F3N4O3S. The van der Waals surface area contributed by atoms with Crippen LogP contribution in [0.1, 0.15) is 58.6 Å². The van der Waals surface area contributed by atoms with Crippen molar-refractivity contribution in [2.75, 3.05) is 25.9 Å². The molecule has 0 unspecified atom stereocenters. The fraction of sp³-hybridized carbons (Fsp3) is 0.545. The predicted molar refractivity (Wildman–Crippen MR) is 116 cm³/mol. The van der Waals surface area contributed by atoms with E-state index in [1.54, 1.807) is 15.6 Å². The van der Waals surface area contributed by atoms with Crippen molar-refractivity contribution in [3.63, 3.8) is 0 Å².